The lowest BCUT2D eigenvalue weighted by molar-refractivity contribution is 0.621. The predicted molar refractivity (Wildman–Crippen MR) is 72.6 cm³/mol. The van der Waals surface area contributed by atoms with Crippen LogP contribution in [0.2, 0.25) is 0 Å². The second-order valence-corrected chi connectivity index (χ2v) is 4.83. The van der Waals surface area contributed by atoms with Gasteiger partial charge in [-0.25, -0.2) is 4.39 Å². The fourth-order valence-corrected chi connectivity index (χ4v) is 2.01. The SMILES string of the molecule is Cc1cccc(CNc2ccc(F)c(Br)c2)c1. The first-order valence-corrected chi connectivity index (χ1v) is 6.19. The molecule has 0 radical (unpaired) electrons. The summed E-state index contributed by atoms with van der Waals surface area (Å²) in [6.45, 7) is 2.80. The van der Waals surface area contributed by atoms with E-state index in [4.69, 9.17) is 0 Å². The fourth-order valence-electron chi connectivity index (χ4n) is 1.63. The van der Waals surface area contributed by atoms with Gasteiger partial charge < -0.3 is 5.32 Å². The van der Waals surface area contributed by atoms with Crippen molar-refractivity contribution in [3.05, 3.63) is 63.9 Å². The smallest absolute Gasteiger partial charge is 0.137 e. The van der Waals surface area contributed by atoms with E-state index in [9.17, 15) is 4.39 Å². The van der Waals surface area contributed by atoms with Crippen molar-refractivity contribution in [2.45, 2.75) is 13.5 Å². The zero-order valence-electron chi connectivity index (χ0n) is 9.50. The molecule has 1 N–H and O–H groups in total. The van der Waals surface area contributed by atoms with Crippen LogP contribution in [0.15, 0.2) is 46.9 Å². The number of anilines is 1. The maximum atomic E-state index is 13.0. The lowest BCUT2D eigenvalue weighted by atomic mass is 10.1. The first kappa shape index (κ1) is 12.1. The van der Waals surface area contributed by atoms with E-state index < -0.39 is 0 Å². The molecule has 0 fully saturated rings. The average molecular weight is 294 g/mol. The second-order valence-electron chi connectivity index (χ2n) is 3.97. The van der Waals surface area contributed by atoms with Crippen molar-refractivity contribution in [3.8, 4) is 0 Å². The quantitative estimate of drug-likeness (QED) is 0.878. The monoisotopic (exact) mass is 293 g/mol. The van der Waals surface area contributed by atoms with Crippen LogP contribution in [0.3, 0.4) is 0 Å². The van der Waals surface area contributed by atoms with E-state index in [1.54, 1.807) is 12.1 Å². The first-order valence-electron chi connectivity index (χ1n) is 5.39. The molecular formula is C14H13BrFN. The van der Waals surface area contributed by atoms with Gasteiger partial charge >= 0.3 is 0 Å². The van der Waals surface area contributed by atoms with Crippen molar-refractivity contribution in [1.82, 2.24) is 0 Å². The Balaban J connectivity index is 2.05. The van der Waals surface area contributed by atoms with Gasteiger partial charge in [0, 0.05) is 12.2 Å². The van der Waals surface area contributed by atoms with Gasteiger partial charge in [-0.05, 0) is 46.6 Å². The van der Waals surface area contributed by atoms with Gasteiger partial charge in [-0.3, -0.25) is 0 Å². The minimum Gasteiger partial charge on any atom is -0.381 e. The summed E-state index contributed by atoms with van der Waals surface area (Å²) in [6.07, 6.45) is 0. The van der Waals surface area contributed by atoms with Gasteiger partial charge in [-0.1, -0.05) is 29.8 Å². The number of rotatable bonds is 3. The molecule has 17 heavy (non-hydrogen) atoms. The zero-order chi connectivity index (χ0) is 12.3. The zero-order valence-corrected chi connectivity index (χ0v) is 11.1. The Morgan fingerprint density at radius 1 is 1.18 bits per heavy atom. The summed E-state index contributed by atoms with van der Waals surface area (Å²) in [5, 5.41) is 3.26. The molecule has 0 atom stereocenters. The highest BCUT2D eigenvalue weighted by atomic mass is 79.9. The summed E-state index contributed by atoms with van der Waals surface area (Å²) < 4.78 is 13.5. The average Bonchev–Trinajstić information content (AvgIpc) is 2.31. The number of hydrogen-bond acceptors (Lipinski definition) is 1. The highest BCUT2D eigenvalue weighted by Crippen LogP contribution is 2.20. The Kier molecular flexibility index (Phi) is 3.79. The predicted octanol–water partition coefficient (Wildman–Crippen LogP) is 4.51. The molecule has 1 nitrogen and oxygen atoms in total. The van der Waals surface area contributed by atoms with Crippen molar-refractivity contribution in [1.29, 1.82) is 0 Å². The Hall–Kier alpha value is -1.35. The molecule has 0 saturated heterocycles. The van der Waals surface area contributed by atoms with Gasteiger partial charge in [0.15, 0.2) is 0 Å². The maximum Gasteiger partial charge on any atom is 0.137 e. The molecule has 0 saturated carbocycles. The molecule has 0 aromatic heterocycles. The van der Waals surface area contributed by atoms with Gasteiger partial charge in [0.1, 0.15) is 5.82 Å². The second kappa shape index (κ2) is 5.32. The largest absolute Gasteiger partial charge is 0.381 e. The molecule has 0 heterocycles. The standard InChI is InChI=1S/C14H13BrFN/c1-10-3-2-4-11(7-10)9-17-12-5-6-14(16)13(15)8-12/h2-8,17H,9H2,1H3. The van der Waals surface area contributed by atoms with E-state index in [0.717, 1.165) is 12.2 Å². The van der Waals surface area contributed by atoms with Crippen LogP contribution in [0.5, 0.6) is 0 Å². The summed E-state index contributed by atoms with van der Waals surface area (Å²) in [5.74, 6) is -0.244. The van der Waals surface area contributed by atoms with Gasteiger partial charge in [-0.15, -0.1) is 0 Å². The highest BCUT2D eigenvalue weighted by molar-refractivity contribution is 9.10. The van der Waals surface area contributed by atoms with Crippen LogP contribution >= 0.6 is 15.9 Å². The van der Waals surface area contributed by atoms with E-state index in [1.807, 2.05) is 6.07 Å². The number of benzene rings is 2. The molecule has 2 aromatic carbocycles. The number of hydrogen-bond donors (Lipinski definition) is 1. The Labute approximate surface area is 109 Å². The Bertz CT molecular complexity index is 525. The van der Waals surface area contributed by atoms with E-state index >= 15 is 0 Å². The highest BCUT2D eigenvalue weighted by Gasteiger charge is 2.00. The summed E-state index contributed by atoms with van der Waals surface area (Å²) >= 11 is 3.17. The summed E-state index contributed by atoms with van der Waals surface area (Å²) in [4.78, 5) is 0. The molecule has 0 bridgehead atoms. The molecule has 2 rings (SSSR count). The molecule has 88 valence electrons. The van der Waals surface area contributed by atoms with Crippen molar-refractivity contribution in [2.75, 3.05) is 5.32 Å². The lowest BCUT2D eigenvalue weighted by Gasteiger charge is -2.08. The minimum absolute atomic E-state index is 0.244. The van der Waals surface area contributed by atoms with Crippen molar-refractivity contribution < 1.29 is 4.39 Å². The summed E-state index contributed by atoms with van der Waals surface area (Å²) in [6, 6.07) is 13.2. The van der Waals surface area contributed by atoms with Gasteiger partial charge in [0.05, 0.1) is 4.47 Å². The topological polar surface area (TPSA) is 12.0 Å². The van der Waals surface area contributed by atoms with Crippen LogP contribution in [0, 0.1) is 12.7 Å². The third-order valence-corrected chi connectivity index (χ3v) is 3.11. The van der Waals surface area contributed by atoms with Crippen LogP contribution in [0.4, 0.5) is 10.1 Å². The van der Waals surface area contributed by atoms with Crippen molar-refractivity contribution >= 4 is 21.6 Å². The third-order valence-electron chi connectivity index (χ3n) is 2.50. The molecular weight excluding hydrogens is 281 g/mol. The molecule has 0 unspecified atom stereocenters. The van der Waals surface area contributed by atoms with E-state index in [-0.39, 0.29) is 5.82 Å². The number of halogens is 2. The summed E-state index contributed by atoms with van der Waals surface area (Å²) in [5.41, 5.74) is 3.36. The maximum absolute atomic E-state index is 13.0. The van der Waals surface area contributed by atoms with E-state index in [1.165, 1.54) is 17.2 Å². The van der Waals surface area contributed by atoms with Crippen LogP contribution in [-0.2, 0) is 6.54 Å². The minimum atomic E-state index is -0.244. The van der Waals surface area contributed by atoms with E-state index in [2.05, 4.69) is 46.4 Å². The molecule has 3 heteroatoms. The van der Waals surface area contributed by atoms with Gasteiger partial charge in [0.2, 0.25) is 0 Å². The van der Waals surface area contributed by atoms with Gasteiger partial charge in [0.25, 0.3) is 0 Å². The van der Waals surface area contributed by atoms with Crippen molar-refractivity contribution in [2.24, 2.45) is 0 Å². The van der Waals surface area contributed by atoms with Crippen LogP contribution in [-0.4, -0.2) is 0 Å². The molecule has 0 aliphatic heterocycles. The molecule has 0 spiro atoms. The number of nitrogens with one attached hydrogen (secondary N) is 1. The van der Waals surface area contributed by atoms with Crippen LogP contribution in [0.25, 0.3) is 0 Å². The summed E-state index contributed by atoms with van der Waals surface area (Å²) in [7, 11) is 0. The normalized spacial score (nSPS) is 10.3. The molecule has 2 aromatic rings. The van der Waals surface area contributed by atoms with Crippen molar-refractivity contribution in [3.63, 3.8) is 0 Å². The van der Waals surface area contributed by atoms with Crippen LogP contribution in [0.1, 0.15) is 11.1 Å². The van der Waals surface area contributed by atoms with E-state index in [0.29, 0.717) is 4.47 Å². The molecule has 0 amide bonds. The molecule has 0 aliphatic rings. The lowest BCUT2D eigenvalue weighted by Crippen LogP contribution is -1.99. The first-order chi connectivity index (χ1) is 8.15. The Morgan fingerprint density at radius 3 is 2.71 bits per heavy atom. The van der Waals surface area contributed by atoms with Crippen LogP contribution < -0.4 is 5.32 Å². The number of aryl methyl sites for hydroxylation is 1. The van der Waals surface area contributed by atoms with Gasteiger partial charge in [-0.2, -0.15) is 0 Å². The molecule has 0 aliphatic carbocycles. The third kappa shape index (κ3) is 3.30. The fraction of sp³-hybridized carbons (Fsp3) is 0.143. The Morgan fingerprint density at radius 2 is 2.00 bits per heavy atom.